The van der Waals surface area contributed by atoms with Gasteiger partial charge in [-0.05, 0) is 57.7 Å². The molecule has 4 nitrogen and oxygen atoms in total. The van der Waals surface area contributed by atoms with Crippen LogP contribution in [0.1, 0.15) is 52.4 Å². The molecule has 116 valence electrons. The normalized spacial score (nSPS) is 32.5. The average molecular weight is 282 g/mol. The number of nitrogens with zero attached hydrogens (tertiary/aromatic N) is 1. The van der Waals surface area contributed by atoms with Gasteiger partial charge in [0.1, 0.15) is 5.54 Å². The Morgan fingerprint density at radius 2 is 2.00 bits per heavy atom. The average Bonchev–Trinajstić information content (AvgIpc) is 2.92. The van der Waals surface area contributed by atoms with Gasteiger partial charge >= 0.3 is 5.97 Å². The lowest BCUT2D eigenvalue weighted by atomic mass is 9.92. The van der Waals surface area contributed by atoms with Crippen LogP contribution in [0, 0.1) is 5.92 Å². The second-order valence-corrected chi connectivity index (χ2v) is 6.39. The Balaban J connectivity index is 1.95. The minimum atomic E-state index is -0.435. The molecule has 2 rings (SSSR count). The predicted octanol–water partition coefficient (Wildman–Crippen LogP) is 2.18. The number of esters is 1. The van der Waals surface area contributed by atoms with E-state index >= 15 is 0 Å². The van der Waals surface area contributed by atoms with Gasteiger partial charge in [0.25, 0.3) is 0 Å². The van der Waals surface area contributed by atoms with Crippen LogP contribution >= 0.6 is 0 Å². The van der Waals surface area contributed by atoms with Crippen molar-refractivity contribution in [3.05, 3.63) is 0 Å². The van der Waals surface area contributed by atoms with Gasteiger partial charge in [0, 0.05) is 6.04 Å². The number of methoxy groups -OCH3 is 1. The fraction of sp³-hybridized carbons (Fsp3) is 0.938. The van der Waals surface area contributed by atoms with Crippen LogP contribution in [-0.4, -0.2) is 49.2 Å². The number of carbonyl (C=O) groups is 1. The first-order valence-electron chi connectivity index (χ1n) is 8.22. The maximum Gasteiger partial charge on any atom is 0.326 e. The molecule has 2 fully saturated rings. The number of nitrogens with one attached hydrogen (secondary N) is 1. The number of ether oxygens (including phenoxy) is 1. The Bertz CT molecular complexity index is 326. The van der Waals surface area contributed by atoms with Gasteiger partial charge in [-0.25, -0.2) is 0 Å². The number of hydrogen-bond acceptors (Lipinski definition) is 4. The topological polar surface area (TPSA) is 41.6 Å². The van der Waals surface area contributed by atoms with Gasteiger partial charge < -0.3 is 15.0 Å². The van der Waals surface area contributed by atoms with Gasteiger partial charge in [-0.3, -0.25) is 4.79 Å². The summed E-state index contributed by atoms with van der Waals surface area (Å²) in [5.41, 5.74) is -0.435. The third kappa shape index (κ3) is 3.17. The summed E-state index contributed by atoms with van der Waals surface area (Å²) >= 11 is 0. The number of rotatable bonds is 5. The van der Waals surface area contributed by atoms with Crippen molar-refractivity contribution in [3.63, 3.8) is 0 Å². The molecule has 2 unspecified atom stereocenters. The summed E-state index contributed by atoms with van der Waals surface area (Å²) in [7, 11) is 1.50. The zero-order valence-corrected chi connectivity index (χ0v) is 13.3. The summed E-state index contributed by atoms with van der Waals surface area (Å²) in [5.74, 6) is 0.831. The molecule has 0 spiro atoms. The smallest absolute Gasteiger partial charge is 0.326 e. The molecule has 1 aliphatic carbocycles. The van der Waals surface area contributed by atoms with Crippen LogP contribution in [0.3, 0.4) is 0 Å². The molecule has 4 heteroatoms. The number of likely N-dealkylation sites (tertiary alicyclic amines) is 1. The van der Waals surface area contributed by atoms with Gasteiger partial charge in [0.15, 0.2) is 0 Å². The highest BCUT2D eigenvalue weighted by molar-refractivity contribution is 5.81. The zero-order valence-electron chi connectivity index (χ0n) is 13.3. The highest BCUT2D eigenvalue weighted by atomic mass is 16.5. The lowest BCUT2D eigenvalue weighted by Gasteiger charge is -2.36. The standard InChI is InChI=1S/C16H30N2O2/c1-4-13-7-10-18(11-8-13)14-6-9-16(12-14,17-5-2)15(19)20-3/h13-14,17H,4-12H2,1-3H3. The molecule has 0 aromatic heterocycles. The highest BCUT2D eigenvalue weighted by Gasteiger charge is 2.47. The Kier molecular flexibility index (Phi) is 5.44. The Hall–Kier alpha value is -0.610. The van der Waals surface area contributed by atoms with E-state index in [1.54, 1.807) is 0 Å². The summed E-state index contributed by atoms with van der Waals surface area (Å²) in [5, 5.41) is 3.40. The molecule has 0 amide bonds. The van der Waals surface area contributed by atoms with Crippen molar-refractivity contribution in [2.45, 2.75) is 64.0 Å². The second-order valence-electron chi connectivity index (χ2n) is 6.39. The first-order chi connectivity index (χ1) is 9.65. The van der Waals surface area contributed by atoms with Crippen LogP contribution in [0.4, 0.5) is 0 Å². The van der Waals surface area contributed by atoms with Gasteiger partial charge in [-0.15, -0.1) is 0 Å². The van der Waals surface area contributed by atoms with Crippen LogP contribution < -0.4 is 5.32 Å². The molecular weight excluding hydrogens is 252 g/mol. The minimum Gasteiger partial charge on any atom is -0.468 e. The summed E-state index contributed by atoms with van der Waals surface area (Å²) in [4.78, 5) is 14.8. The summed E-state index contributed by atoms with van der Waals surface area (Å²) in [6, 6.07) is 0.547. The van der Waals surface area contributed by atoms with E-state index in [0.717, 1.165) is 31.7 Å². The molecule has 0 aromatic rings. The molecule has 1 saturated carbocycles. The maximum absolute atomic E-state index is 12.1. The third-order valence-electron chi connectivity index (χ3n) is 5.32. The van der Waals surface area contributed by atoms with Crippen LogP contribution in [-0.2, 0) is 9.53 Å². The molecule has 2 aliphatic rings. The summed E-state index contributed by atoms with van der Waals surface area (Å²) < 4.78 is 5.04. The number of likely N-dealkylation sites (N-methyl/N-ethyl adjacent to an activating group) is 1. The van der Waals surface area contributed by atoms with Gasteiger partial charge in [0.2, 0.25) is 0 Å². The van der Waals surface area contributed by atoms with Crippen LogP contribution in [0.25, 0.3) is 0 Å². The minimum absolute atomic E-state index is 0.0784. The Labute approximate surface area is 123 Å². The van der Waals surface area contributed by atoms with E-state index in [0.29, 0.717) is 6.04 Å². The van der Waals surface area contributed by atoms with Crippen LogP contribution in [0.5, 0.6) is 0 Å². The molecule has 2 atom stereocenters. The lowest BCUT2D eigenvalue weighted by Crippen LogP contribution is -2.52. The van der Waals surface area contributed by atoms with E-state index in [1.165, 1.54) is 39.5 Å². The van der Waals surface area contributed by atoms with Crippen molar-refractivity contribution in [1.29, 1.82) is 0 Å². The van der Waals surface area contributed by atoms with Crippen molar-refractivity contribution in [3.8, 4) is 0 Å². The van der Waals surface area contributed by atoms with E-state index in [4.69, 9.17) is 4.74 Å². The molecule has 0 bridgehead atoms. The van der Waals surface area contributed by atoms with Crippen molar-refractivity contribution in [2.75, 3.05) is 26.7 Å². The highest BCUT2D eigenvalue weighted by Crippen LogP contribution is 2.36. The Morgan fingerprint density at radius 3 is 2.55 bits per heavy atom. The van der Waals surface area contributed by atoms with Crippen molar-refractivity contribution < 1.29 is 9.53 Å². The molecule has 0 radical (unpaired) electrons. The van der Waals surface area contributed by atoms with Gasteiger partial charge in [0.05, 0.1) is 7.11 Å². The van der Waals surface area contributed by atoms with Crippen molar-refractivity contribution in [1.82, 2.24) is 10.2 Å². The Morgan fingerprint density at radius 1 is 1.30 bits per heavy atom. The van der Waals surface area contributed by atoms with Gasteiger partial charge in [-0.1, -0.05) is 20.3 Å². The fourth-order valence-corrected chi connectivity index (χ4v) is 4.01. The predicted molar refractivity (Wildman–Crippen MR) is 80.7 cm³/mol. The largest absolute Gasteiger partial charge is 0.468 e. The summed E-state index contributed by atoms with van der Waals surface area (Å²) in [6.07, 6.45) is 6.87. The number of carbonyl (C=O) groups excluding carboxylic acids is 1. The molecule has 20 heavy (non-hydrogen) atoms. The number of piperidine rings is 1. The molecule has 1 saturated heterocycles. The monoisotopic (exact) mass is 282 g/mol. The van der Waals surface area contributed by atoms with E-state index in [2.05, 4.69) is 24.1 Å². The SMILES string of the molecule is CCNC1(C(=O)OC)CCC(N2CCC(CC)CC2)C1. The molecular formula is C16H30N2O2. The number of hydrogen-bond donors (Lipinski definition) is 1. The first kappa shape index (κ1) is 15.8. The van der Waals surface area contributed by atoms with E-state index < -0.39 is 5.54 Å². The molecule has 1 heterocycles. The van der Waals surface area contributed by atoms with Crippen molar-refractivity contribution >= 4 is 5.97 Å². The van der Waals surface area contributed by atoms with Crippen LogP contribution in [0.15, 0.2) is 0 Å². The third-order valence-corrected chi connectivity index (χ3v) is 5.32. The van der Waals surface area contributed by atoms with E-state index in [9.17, 15) is 4.79 Å². The molecule has 1 aliphatic heterocycles. The second kappa shape index (κ2) is 6.90. The first-order valence-corrected chi connectivity index (χ1v) is 8.22. The molecule has 1 N–H and O–H groups in total. The van der Waals surface area contributed by atoms with Crippen LogP contribution in [0.2, 0.25) is 0 Å². The lowest BCUT2D eigenvalue weighted by molar-refractivity contribution is -0.148. The molecule has 0 aromatic carbocycles. The zero-order chi connectivity index (χ0) is 14.6. The van der Waals surface area contributed by atoms with Gasteiger partial charge in [-0.2, -0.15) is 0 Å². The van der Waals surface area contributed by atoms with E-state index in [-0.39, 0.29) is 5.97 Å². The maximum atomic E-state index is 12.1. The van der Waals surface area contributed by atoms with Crippen molar-refractivity contribution in [2.24, 2.45) is 5.92 Å². The summed E-state index contributed by atoms with van der Waals surface area (Å²) in [6.45, 7) is 7.58. The fourth-order valence-electron chi connectivity index (χ4n) is 4.01. The van der Waals surface area contributed by atoms with E-state index in [1.807, 2.05) is 0 Å². The quantitative estimate of drug-likeness (QED) is 0.785.